The van der Waals surface area contributed by atoms with E-state index in [1.54, 1.807) is 7.11 Å². The van der Waals surface area contributed by atoms with E-state index < -0.39 is 0 Å². The number of allylic oxidation sites excluding steroid dienone is 2. The van der Waals surface area contributed by atoms with Gasteiger partial charge in [-0.05, 0) is 76.5 Å². The molecule has 7 rings (SSSR count). The summed E-state index contributed by atoms with van der Waals surface area (Å²) in [4.78, 5) is 4.68. The van der Waals surface area contributed by atoms with Crippen LogP contribution in [0.3, 0.4) is 0 Å². The lowest BCUT2D eigenvalue weighted by atomic mass is 9.96. The van der Waals surface area contributed by atoms with Gasteiger partial charge in [0.1, 0.15) is 5.75 Å². The van der Waals surface area contributed by atoms with Crippen LogP contribution in [0.1, 0.15) is 12.0 Å². The Balaban J connectivity index is 1.20. The first-order chi connectivity index (χ1) is 22.2. The molecule has 0 saturated carbocycles. The molecule has 220 valence electrons. The van der Waals surface area contributed by atoms with Crippen LogP contribution >= 0.6 is 0 Å². The van der Waals surface area contributed by atoms with Gasteiger partial charge in [-0.25, -0.2) is 0 Å². The van der Waals surface area contributed by atoms with E-state index in [2.05, 4.69) is 169 Å². The van der Waals surface area contributed by atoms with Crippen molar-refractivity contribution in [1.29, 1.82) is 0 Å². The Morgan fingerprint density at radius 2 is 1.31 bits per heavy atom. The van der Waals surface area contributed by atoms with Gasteiger partial charge in [0.15, 0.2) is 0 Å². The number of nitrogens with zero attached hydrogens (tertiary/aromatic N) is 2. The SMILES string of the molecule is COc1cccc(N(C)C2C=CC(c3ccc(N(c4cccc(-c5ccccc5)c4)c4cccc5ccccc45)cc3)=CC2)c1. The molecule has 1 atom stereocenters. The highest BCUT2D eigenvalue weighted by Gasteiger charge is 2.18. The monoisotopic (exact) mass is 584 g/mol. The normalized spacial score (nSPS) is 14.2. The maximum absolute atomic E-state index is 5.44. The van der Waals surface area contributed by atoms with Crippen LogP contribution in [0.5, 0.6) is 5.75 Å². The number of rotatable bonds is 8. The molecule has 0 amide bonds. The number of fused-ring (bicyclic) bond motifs is 1. The summed E-state index contributed by atoms with van der Waals surface area (Å²) < 4.78 is 5.44. The van der Waals surface area contributed by atoms with Crippen molar-refractivity contribution in [3.05, 3.63) is 169 Å². The molecule has 0 saturated heterocycles. The second-order valence-corrected chi connectivity index (χ2v) is 11.4. The summed E-state index contributed by atoms with van der Waals surface area (Å²) in [7, 11) is 3.86. The summed E-state index contributed by atoms with van der Waals surface area (Å²) in [5, 5.41) is 2.44. The first kappa shape index (κ1) is 28.2. The Labute approximate surface area is 266 Å². The zero-order chi connectivity index (χ0) is 30.6. The van der Waals surface area contributed by atoms with Crippen LogP contribution in [-0.4, -0.2) is 20.2 Å². The van der Waals surface area contributed by atoms with Gasteiger partial charge >= 0.3 is 0 Å². The average Bonchev–Trinajstić information content (AvgIpc) is 3.12. The Morgan fingerprint density at radius 1 is 0.600 bits per heavy atom. The van der Waals surface area contributed by atoms with E-state index in [1.165, 1.54) is 33.0 Å². The van der Waals surface area contributed by atoms with Crippen LogP contribution in [0.25, 0.3) is 27.5 Å². The quantitative estimate of drug-likeness (QED) is 0.177. The third-order valence-electron chi connectivity index (χ3n) is 8.71. The van der Waals surface area contributed by atoms with Crippen molar-refractivity contribution < 1.29 is 4.74 Å². The third-order valence-corrected chi connectivity index (χ3v) is 8.71. The van der Waals surface area contributed by atoms with Gasteiger partial charge in [0, 0.05) is 35.6 Å². The van der Waals surface area contributed by atoms with Gasteiger partial charge in [0.25, 0.3) is 0 Å². The van der Waals surface area contributed by atoms with E-state index in [4.69, 9.17) is 4.74 Å². The third kappa shape index (κ3) is 5.85. The molecule has 0 fully saturated rings. The molecule has 0 N–H and O–H groups in total. The maximum atomic E-state index is 5.44. The molecule has 6 aromatic rings. The fourth-order valence-electron chi connectivity index (χ4n) is 6.22. The second kappa shape index (κ2) is 12.6. The summed E-state index contributed by atoms with van der Waals surface area (Å²) >= 11 is 0. The number of anilines is 4. The summed E-state index contributed by atoms with van der Waals surface area (Å²) in [5.41, 5.74) is 9.42. The van der Waals surface area contributed by atoms with Gasteiger partial charge in [0.05, 0.1) is 18.8 Å². The van der Waals surface area contributed by atoms with Crippen molar-refractivity contribution >= 4 is 39.1 Å². The molecule has 0 radical (unpaired) electrons. The highest BCUT2D eigenvalue weighted by molar-refractivity contribution is 5.99. The fraction of sp³-hybridized carbons (Fsp3) is 0.0952. The summed E-state index contributed by atoms with van der Waals surface area (Å²) in [6.07, 6.45) is 7.85. The summed E-state index contributed by atoms with van der Waals surface area (Å²) in [6.45, 7) is 0. The predicted octanol–water partition coefficient (Wildman–Crippen LogP) is 10.8. The van der Waals surface area contributed by atoms with Crippen LogP contribution in [0.4, 0.5) is 22.7 Å². The molecule has 1 unspecified atom stereocenters. The molecule has 0 heterocycles. The van der Waals surface area contributed by atoms with E-state index in [-0.39, 0.29) is 0 Å². The van der Waals surface area contributed by atoms with E-state index in [9.17, 15) is 0 Å². The number of benzene rings is 6. The Hall–Kier alpha value is -5.54. The number of hydrogen-bond acceptors (Lipinski definition) is 3. The van der Waals surface area contributed by atoms with Gasteiger partial charge in [-0.1, -0.05) is 115 Å². The van der Waals surface area contributed by atoms with Crippen LogP contribution in [0, 0.1) is 0 Å². The summed E-state index contributed by atoms with van der Waals surface area (Å²) in [5.74, 6) is 0.875. The minimum absolute atomic E-state index is 0.291. The van der Waals surface area contributed by atoms with E-state index in [0.717, 1.165) is 34.9 Å². The van der Waals surface area contributed by atoms with Crippen LogP contribution in [0.2, 0.25) is 0 Å². The largest absolute Gasteiger partial charge is 0.497 e. The highest BCUT2D eigenvalue weighted by atomic mass is 16.5. The number of likely N-dealkylation sites (N-methyl/N-ethyl adjacent to an activating group) is 1. The first-order valence-corrected chi connectivity index (χ1v) is 15.5. The first-order valence-electron chi connectivity index (χ1n) is 15.5. The lowest BCUT2D eigenvalue weighted by Gasteiger charge is -2.29. The molecule has 3 heteroatoms. The molecule has 3 nitrogen and oxygen atoms in total. The fourth-order valence-corrected chi connectivity index (χ4v) is 6.22. The van der Waals surface area contributed by atoms with E-state index in [0.29, 0.717) is 6.04 Å². The molecular formula is C42H36N2O. The molecule has 1 aliphatic carbocycles. The maximum Gasteiger partial charge on any atom is 0.120 e. The number of ether oxygens (including phenoxy) is 1. The van der Waals surface area contributed by atoms with Gasteiger partial charge in [0.2, 0.25) is 0 Å². The zero-order valence-electron chi connectivity index (χ0n) is 25.7. The molecule has 0 spiro atoms. The van der Waals surface area contributed by atoms with Gasteiger partial charge in [-0.2, -0.15) is 0 Å². The summed E-state index contributed by atoms with van der Waals surface area (Å²) in [6, 6.07) is 52.1. The van der Waals surface area contributed by atoms with Crippen molar-refractivity contribution in [2.45, 2.75) is 12.5 Å². The molecule has 0 aromatic heterocycles. The predicted molar refractivity (Wildman–Crippen MR) is 191 cm³/mol. The van der Waals surface area contributed by atoms with Gasteiger partial charge in [-0.15, -0.1) is 0 Å². The minimum atomic E-state index is 0.291. The van der Waals surface area contributed by atoms with Gasteiger partial charge in [-0.3, -0.25) is 0 Å². The van der Waals surface area contributed by atoms with Crippen molar-refractivity contribution in [3.63, 3.8) is 0 Å². The topological polar surface area (TPSA) is 15.7 Å². The number of hydrogen-bond donors (Lipinski definition) is 0. The van der Waals surface area contributed by atoms with Crippen molar-refractivity contribution in [2.24, 2.45) is 0 Å². The van der Waals surface area contributed by atoms with Crippen molar-refractivity contribution in [1.82, 2.24) is 0 Å². The smallest absolute Gasteiger partial charge is 0.120 e. The molecular weight excluding hydrogens is 548 g/mol. The average molecular weight is 585 g/mol. The van der Waals surface area contributed by atoms with E-state index in [1.807, 2.05) is 12.1 Å². The van der Waals surface area contributed by atoms with Gasteiger partial charge < -0.3 is 14.5 Å². The molecule has 0 aliphatic heterocycles. The molecule has 1 aliphatic rings. The lowest BCUT2D eigenvalue weighted by Crippen LogP contribution is -2.30. The van der Waals surface area contributed by atoms with Crippen molar-refractivity contribution in [3.8, 4) is 16.9 Å². The van der Waals surface area contributed by atoms with Crippen LogP contribution in [-0.2, 0) is 0 Å². The zero-order valence-corrected chi connectivity index (χ0v) is 25.7. The Kier molecular flexibility index (Phi) is 7.90. The Morgan fingerprint density at radius 3 is 2.11 bits per heavy atom. The molecule has 45 heavy (non-hydrogen) atoms. The Bertz CT molecular complexity index is 1990. The van der Waals surface area contributed by atoms with Crippen LogP contribution in [0.15, 0.2) is 164 Å². The molecule has 0 bridgehead atoms. The lowest BCUT2D eigenvalue weighted by molar-refractivity contribution is 0.415. The second-order valence-electron chi connectivity index (χ2n) is 11.4. The van der Waals surface area contributed by atoms with Crippen molar-refractivity contribution in [2.75, 3.05) is 24.0 Å². The minimum Gasteiger partial charge on any atom is -0.497 e. The number of methoxy groups -OCH3 is 1. The standard InChI is InChI=1S/C42H36N2O/c1-43(38-16-10-18-40(30-38)45-2)36-25-21-32(22-26-36)33-23-27-37(28-24-33)44(42-20-9-14-34-13-6-7-19-41(34)42)39-17-8-15-35(29-39)31-11-4-3-5-12-31/h3-25,27-30,36H,26H2,1-2H3. The molecule has 6 aromatic carbocycles. The van der Waals surface area contributed by atoms with E-state index >= 15 is 0 Å². The highest BCUT2D eigenvalue weighted by Crippen LogP contribution is 2.40. The van der Waals surface area contributed by atoms with Crippen LogP contribution < -0.4 is 14.5 Å².